The van der Waals surface area contributed by atoms with Crippen LogP contribution in [0.2, 0.25) is 0 Å². The standard InChI is InChI=1S/C18H20N2O5S.ClH/c19-14-4-1-2-5-15(14)20-18(21)8-11-26(22,23)13-6-7-16-17(12-13)25-10-3-9-24-16;/h1-2,4-7,12H,3,8-11,19H2,(H,20,21);1H. The van der Waals surface area contributed by atoms with Gasteiger partial charge in [-0.05, 0) is 24.3 Å². The largest absolute Gasteiger partial charge is 0.490 e. The van der Waals surface area contributed by atoms with Gasteiger partial charge in [0.05, 0.1) is 35.2 Å². The minimum absolute atomic E-state index is 0. The number of carbonyl (C=O) groups is 1. The lowest BCUT2D eigenvalue weighted by molar-refractivity contribution is -0.115. The van der Waals surface area contributed by atoms with Crippen LogP contribution in [0.5, 0.6) is 11.5 Å². The van der Waals surface area contributed by atoms with E-state index in [0.29, 0.717) is 36.1 Å². The van der Waals surface area contributed by atoms with Crippen LogP contribution in [0.1, 0.15) is 12.8 Å². The van der Waals surface area contributed by atoms with Crippen molar-refractivity contribution < 1.29 is 22.7 Å². The molecule has 1 aliphatic heterocycles. The van der Waals surface area contributed by atoms with Crippen LogP contribution in [0.15, 0.2) is 47.4 Å². The Balaban J connectivity index is 0.00000261. The number of sulfone groups is 1. The smallest absolute Gasteiger partial charge is 0.225 e. The SMILES string of the molecule is Cl.Nc1ccccc1NC(=O)CCS(=O)(=O)c1ccc2c(c1)OCCCO2. The van der Waals surface area contributed by atoms with E-state index in [9.17, 15) is 13.2 Å². The molecule has 0 fully saturated rings. The Bertz CT molecular complexity index is 918. The minimum Gasteiger partial charge on any atom is -0.490 e. The molecule has 0 spiro atoms. The van der Waals surface area contributed by atoms with Gasteiger partial charge >= 0.3 is 0 Å². The number of nitrogen functional groups attached to an aromatic ring is 1. The molecule has 9 heteroatoms. The monoisotopic (exact) mass is 412 g/mol. The lowest BCUT2D eigenvalue weighted by Crippen LogP contribution is -2.18. The molecule has 0 unspecified atom stereocenters. The van der Waals surface area contributed by atoms with E-state index in [0.717, 1.165) is 6.42 Å². The van der Waals surface area contributed by atoms with E-state index >= 15 is 0 Å². The fourth-order valence-corrected chi connectivity index (χ4v) is 3.76. The van der Waals surface area contributed by atoms with Crippen LogP contribution in [-0.4, -0.2) is 33.3 Å². The fourth-order valence-electron chi connectivity index (χ4n) is 2.51. The summed E-state index contributed by atoms with van der Waals surface area (Å²) in [5, 5.41) is 2.62. The number of anilines is 2. The zero-order valence-corrected chi connectivity index (χ0v) is 16.1. The predicted molar refractivity (Wildman–Crippen MR) is 105 cm³/mol. The van der Waals surface area contributed by atoms with Crippen molar-refractivity contribution in [3.63, 3.8) is 0 Å². The molecule has 0 atom stereocenters. The fraction of sp³-hybridized carbons (Fsp3) is 0.278. The quantitative estimate of drug-likeness (QED) is 0.731. The van der Waals surface area contributed by atoms with Gasteiger partial charge in [-0.3, -0.25) is 4.79 Å². The van der Waals surface area contributed by atoms with Gasteiger partial charge in [0.25, 0.3) is 0 Å². The second kappa shape index (κ2) is 8.96. The van der Waals surface area contributed by atoms with Crippen molar-refractivity contribution in [1.82, 2.24) is 0 Å². The van der Waals surface area contributed by atoms with Crippen LogP contribution in [0.4, 0.5) is 11.4 Å². The molecule has 1 aliphatic rings. The van der Waals surface area contributed by atoms with Crippen molar-refractivity contribution in [1.29, 1.82) is 0 Å². The van der Waals surface area contributed by atoms with E-state index in [1.54, 1.807) is 30.3 Å². The molecule has 3 rings (SSSR count). The number of hydrogen-bond donors (Lipinski definition) is 2. The average molecular weight is 413 g/mol. The first kappa shape index (κ1) is 20.9. The van der Waals surface area contributed by atoms with Crippen LogP contribution in [0.25, 0.3) is 0 Å². The molecular formula is C18H21ClN2O5S. The summed E-state index contributed by atoms with van der Waals surface area (Å²) in [6, 6.07) is 11.3. The second-order valence-corrected chi connectivity index (χ2v) is 7.97. The van der Waals surface area contributed by atoms with Gasteiger partial charge in [-0.25, -0.2) is 8.42 Å². The Morgan fingerprint density at radius 3 is 2.52 bits per heavy atom. The predicted octanol–water partition coefficient (Wildman–Crippen LogP) is 2.65. The van der Waals surface area contributed by atoms with Gasteiger partial charge in [0, 0.05) is 18.9 Å². The van der Waals surface area contributed by atoms with Crippen molar-refractivity contribution >= 4 is 39.5 Å². The number of hydrogen-bond acceptors (Lipinski definition) is 6. The maximum atomic E-state index is 12.5. The highest BCUT2D eigenvalue weighted by molar-refractivity contribution is 7.91. The number of benzene rings is 2. The molecule has 7 nitrogen and oxygen atoms in total. The van der Waals surface area contributed by atoms with Crippen LogP contribution in [-0.2, 0) is 14.6 Å². The van der Waals surface area contributed by atoms with E-state index < -0.39 is 15.7 Å². The third-order valence-electron chi connectivity index (χ3n) is 3.91. The van der Waals surface area contributed by atoms with Crippen molar-refractivity contribution in [3.05, 3.63) is 42.5 Å². The Kier molecular flexibility index (Phi) is 6.92. The number of carbonyl (C=O) groups excluding carboxylic acids is 1. The lowest BCUT2D eigenvalue weighted by Gasteiger charge is -2.11. The van der Waals surface area contributed by atoms with E-state index in [2.05, 4.69) is 5.32 Å². The molecule has 1 heterocycles. The van der Waals surface area contributed by atoms with Gasteiger partial charge in [-0.15, -0.1) is 12.4 Å². The summed E-state index contributed by atoms with van der Waals surface area (Å²) in [6.45, 7) is 0.999. The van der Waals surface area contributed by atoms with Crippen LogP contribution in [0.3, 0.4) is 0 Å². The Hall–Kier alpha value is -2.45. The molecule has 146 valence electrons. The van der Waals surface area contributed by atoms with E-state index in [-0.39, 0.29) is 29.5 Å². The van der Waals surface area contributed by atoms with Gasteiger partial charge < -0.3 is 20.5 Å². The highest BCUT2D eigenvalue weighted by Crippen LogP contribution is 2.32. The highest BCUT2D eigenvalue weighted by Gasteiger charge is 2.20. The molecule has 0 bridgehead atoms. The Morgan fingerprint density at radius 1 is 1.07 bits per heavy atom. The Morgan fingerprint density at radius 2 is 1.78 bits per heavy atom. The van der Waals surface area contributed by atoms with Gasteiger partial charge in [0.2, 0.25) is 5.91 Å². The molecular weight excluding hydrogens is 392 g/mol. The summed E-state index contributed by atoms with van der Waals surface area (Å²) >= 11 is 0. The third-order valence-corrected chi connectivity index (χ3v) is 5.62. The maximum Gasteiger partial charge on any atom is 0.225 e. The molecule has 2 aromatic rings. The zero-order chi connectivity index (χ0) is 18.6. The number of ether oxygens (including phenoxy) is 2. The minimum atomic E-state index is -3.63. The molecule has 27 heavy (non-hydrogen) atoms. The number of amides is 1. The zero-order valence-electron chi connectivity index (χ0n) is 14.5. The summed E-state index contributed by atoms with van der Waals surface area (Å²) in [5.74, 6) is 0.204. The first-order chi connectivity index (χ1) is 12.5. The number of nitrogens with two attached hydrogens (primary N) is 1. The Labute approximate surface area is 164 Å². The molecule has 2 aromatic carbocycles. The number of nitrogens with one attached hydrogen (secondary N) is 1. The van der Waals surface area contributed by atoms with Crippen LogP contribution >= 0.6 is 12.4 Å². The molecule has 0 aliphatic carbocycles. The van der Waals surface area contributed by atoms with Crippen molar-refractivity contribution in [2.45, 2.75) is 17.7 Å². The van der Waals surface area contributed by atoms with Crippen molar-refractivity contribution in [3.8, 4) is 11.5 Å². The third kappa shape index (κ3) is 5.27. The highest BCUT2D eigenvalue weighted by atomic mass is 35.5. The summed E-state index contributed by atoms with van der Waals surface area (Å²) in [4.78, 5) is 12.2. The van der Waals surface area contributed by atoms with Crippen LogP contribution < -0.4 is 20.5 Å². The summed E-state index contributed by atoms with van der Waals surface area (Å²) in [7, 11) is -3.63. The van der Waals surface area contributed by atoms with E-state index in [1.807, 2.05) is 0 Å². The molecule has 0 saturated heterocycles. The van der Waals surface area contributed by atoms with Crippen LogP contribution in [0, 0.1) is 0 Å². The van der Waals surface area contributed by atoms with E-state index in [4.69, 9.17) is 15.2 Å². The number of fused-ring (bicyclic) bond motifs is 1. The summed E-state index contributed by atoms with van der Waals surface area (Å²) in [6.07, 6.45) is 0.560. The molecule has 1 amide bonds. The lowest BCUT2D eigenvalue weighted by atomic mass is 10.2. The van der Waals surface area contributed by atoms with Gasteiger partial charge in [-0.2, -0.15) is 0 Å². The molecule has 3 N–H and O–H groups in total. The summed E-state index contributed by atoms with van der Waals surface area (Å²) in [5.41, 5.74) is 6.65. The van der Waals surface area contributed by atoms with E-state index in [1.165, 1.54) is 12.1 Å². The second-order valence-electron chi connectivity index (χ2n) is 5.86. The number of halogens is 1. The van der Waals surface area contributed by atoms with Gasteiger partial charge in [0.1, 0.15) is 0 Å². The number of rotatable bonds is 5. The average Bonchev–Trinajstić information content (AvgIpc) is 2.87. The molecule has 0 aromatic heterocycles. The molecule has 0 radical (unpaired) electrons. The topological polar surface area (TPSA) is 108 Å². The van der Waals surface area contributed by atoms with Crippen molar-refractivity contribution in [2.24, 2.45) is 0 Å². The van der Waals surface area contributed by atoms with Gasteiger partial charge in [-0.1, -0.05) is 12.1 Å². The summed E-state index contributed by atoms with van der Waals surface area (Å²) < 4.78 is 36.1. The molecule has 0 saturated carbocycles. The van der Waals surface area contributed by atoms with Crippen molar-refractivity contribution in [2.75, 3.05) is 30.0 Å². The number of para-hydroxylation sites is 2. The first-order valence-corrected chi connectivity index (χ1v) is 9.88. The first-order valence-electron chi connectivity index (χ1n) is 8.22. The van der Waals surface area contributed by atoms with Gasteiger partial charge in [0.15, 0.2) is 21.3 Å². The maximum absolute atomic E-state index is 12.5. The normalized spacial score (nSPS) is 13.2.